The van der Waals surface area contributed by atoms with Crippen LogP contribution in [0.25, 0.3) is 0 Å². The number of carbonyl (C=O) groups excluding carboxylic acids is 1. The molecule has 0 aromatic heterocycles. The minimum absolute atomic E-state index is 0.241. The maximum Gasteiger partial charge on any atom is 0.262 e. The van der Waals surface area contributed by atoms with E-state index < -0.39 is 25.7 Å². The van der Waals surface area contributed by atoms with Gasteiger partial charge in [-0.15, -0.1) is 6.58 Å². The van der Waals surface area contributed by atoms with Crippen molar-refractivity contribution in [2.45, 2.75) is 18.2 Å². The first-order valence-electron chi connectivity index (χ1n) is 5.95. The molecule has 0 saturated heterocycles. The molecule has 110 valence electrons. The SMILES string of the molecule is C=CCN(CCC)C(=O)c1cc(F)ccc1S(=O)(=O)Cl. The predicted octanol–water partition coefficient (Wildman–Crippen LogP) is 2.79. The van der Waals surface area contributed by atoms with Crippen LogP contribution in [0.4, 0.5) is 4.39 Å². The lowest BCUT2D eigenvalue weighted by atomic mass is 10.2. The standard InChI is InChI=1S/C13H15ClFNO3S/c1-3-7-16(8-4-2)13(17)11-9-10(15)5-6-12(11)20(14,18)19/h3,5-6,9H,1,4,7-8H2,2H3. The second kappa shape index (κ2) is 6.85. The number of nitrogens with zero attached hydrogens (tertiary/aromatic N) is 1. The molecule has 0 heterocycles. The Morgan fingerprint density at radius 3 is 2.65 bits per heavy atom. The van der Waals surface area contributed by atoms with Crippen LogP contribution in [0.15, 0.2) is 35.7 Å². The van der Waals surface area contributed by atoms with Gasteiger partial charge in [-0.3, -0.25) is 4.79 Å². The van der Waals surface area contributed by atoms with Gasteiger partial charge in [0, 0.05) is 23.8 Å². The van der Waals surface area contributed by atoms with Crippen molar-refractivity contribution in [3.05, 3.63) is 42.2 Å². The van der Waals surface area contributed by atoms with Crippen molar-refractivity contribution in [3.63, 3.8) is 0 Å². The molecular weight excluding hydrogens is 305 g/mol. The molecule has 0 aliphatic heterocycles. The third-order valence-electron chi connectivity index (χ3n) is 2.56. The quantitative estimate of drug-likeness (QED) is 0.598. The molecule has 20 heavy (non-hydrogen) atoms. The van der Waals surface area contributed by atoms with E-state index in [-0.39, 0.29) is 12.1 Å². The predicted molar refractivity (Wildman–Crippen MR) is 75.8 cm³/mol. The highest BCUT2D eigenvalue weighted by atomic mass is 35.7. The molecule has 0 N–H and O–H groups in total. The van der Waals surface area contributed by atoms with Gasteiger partial charge < -0.3 is 4.90 Å². The molecule has 0 fully saturated rings. The van der Waals surface area contributed by atoms with Crippen LogP contribution in [0.3, 0.4) is 0 Å². The number of amides is 1. The van der Waals surface area contributed by atoms with E-state index >= 15 is 0 Å². The van der Waals surface area contributed by atoms with Gasteiger partial charge in [-0.2, -0.15) is 0 Å². The molecular formula is C13H15ClFNO3S. The van der Waals surface area contributed by atoms with Crippen LogP contribution in [-0.4, -0.2) is 32.3 Å². The minimum Gasteiger partial charge on any atom is -0.335 e. The third kappa shape index (κ3) is 4.05. The van der Waals surface area contributed by atoms with E-state index in [0.717, 1.165) is 18.2 Å². The summed E-state index contributed by atoms with van der Waals surface area (Å²) in [4.78, 5) is 13.3. The summed E-state index contributed by atoms with van der Waals surface area (Å²) in [5.41, 5.74) is -0.268. The molecule has 0 aliphatic rings. The summed E-state index contributed by atoms with van der Waals surface area (Å²) in [7, 11) is 1.15. The van der Waals surface area contributed by atoms with Gasteiger partial charge in [0.15, 0.2) is 0 Å². The Morgan fingerprint density at radius 1 is 1.50 bits per heavy atom. The molecule has 1 amide bonds. The first kappa shape index (κ1) is 16.7. The molecule has 0 atom stereocenters. The van der Waals surface area contributed by atoms with E-state index in [1.165, 1.54) is 11.0 Å². The van der Waals surface area contributed by atoms with Gasteiger partial charge in [0.25, 0.3) is 15.0 Å². The van der Waals surface area contributed by atoms with Gasteiger partial charge in [0.2, 0.25) is 0 Å². The van der Waals surface area contributed by atoms with Crippen LogP contribution in [-0.2, 0) is 9.05 Å². The number of hydrogen-bond donors (Lipinski definition) is 0. The van der Waals surface area contributed by atoms with E-state index in [2.05, 4.69) is 6.58 Å². The molecule has 7 heteroatoms. The number of carbonyl (C=O) groups is 1. The largest absolute Gasteiger partial charge is 0.335 e. The van der Waals surface area contributed by atoms with Gasteiger partial charge in [-0.25, -0.2) is 12.8 Å². The lowest BCUT2D eigenvalue weighted by Gasteiger charge is -2.21. The van der Waals surface area contributed by atoms with Crippen molar-refractivity contribution < 1.29 is 17.6 Å². The molecule has 1 aromatic carbocycles. The minimum atomic E-state index is -4.13. The first-order valence-corrected chi connectivity index (χ1v) is 8.26. The second-order valence-electron chi connectivity index (χ2n) is 4.12. The van der Waals surface area contributed by atoms with Crippen molar-refractivity contribution in [2.24, 2.45) is 0 Å². The lowest BCUT2D eigenvalue weighted by Crippen LogP contribution is -2.32. The van der Waals surface area contributed by atoms with E-state index in [1.54, 1.807) is 0 Å². The summed E-state index contributed by atoms with van der Waals surface area (Å²) >= 11 is 0. The zero-order valence-electron chi connectivity index (χ0n) is 11.0. The van der Waals surface area contributed by atoms with Gasteiger partial charge in [0.1, 0.15) is 5.82 Å². The smallest absolute Gasteiger partial charge is 0.262 e. The van der Waals surface area contributed by atoms with Gasteiger partial charge >= 0.3 is 0 Å². The van der Waals surface area contributed by atoms with Crippen LogP contribution in [0.5, 0.6) is 0 Å². The summed E-state index contributed by atoms with van der Waals surface area (Å²) in [5.74, 6) is -1.29. The summed E-state index contributed by atoms with van der Waals surface area (Å²) in [6, 6.07) is 2.82. The Labute approximate surface area is 122 Å². The van der Waals surface area contributed by atoms with E-state index in [4.69, 9.17) is 10.7 Å². The van der Waals surface area contributed by atoms with Crippen LogP contribution >= 0.6 is 10.7 Å². The molecule has 1 rings (SSSR count). The fourth-order valence-corrected chi connectivity index (χ4v) is 2.80. The summed E-state index contributed by atoms with van der Waals surface area (Å²) in [6.07, 6.45) is 2.19. The van der Waals surface area contributed by atoms with E-state index in [1.807, 2.05) is 6.92 Å². The van der Waals surface area contributed by atoms with Crippen molar-refractivity contribution in [3.8, 4) is 0 Å². The first-order chi connectivity index (χ1) is 9.31. The van der Waals surface area contributed by atoms with Gasteiger partial charge in [0.05, 0.1) is 10.5 Å². The highest BCUT2D eigenvalue weighted by molar-refractivity contribution is 8.13. The van der Waals surface area contributed by atoms with Gasteiger partial charge in [-0.1, -0.05) is 13.0 Å². The van der Waals surface area contributed by atoms with Crippen LogP contribution in [0.1, 0.15) is 23.7 Å². The monoisotopic (exact) mass is 319 g/mol. The maximum absolute atomic E-state index is 13.3. The summed E-state index contributed by atoms with van der Waals surface area (Å²) in [6.45, 7) is 6.05. The molecule has 0 spiro atoms. The summed E-state index contributed by atoms with van der Waals surface area (Å²) in [5, 5.41) is 0. The van der Waals surface area contributed by atoms with Crippen LogP contribution in [0.2, 0.25) is 0 Å². The van der Waals surface area contributed by atoms with Crippen molar-refractivity contribution in [2.75, 3.05) is 13.1 Å². The average Bonchev–Trinajstić information content (AvgIpc) is 2.36. The second-order valence-corrected chi connectivity index (χ2v) is 6.65. The average molecular weight is 320 g/mol. The number of rotatable bonds is 6. The van der Waals surface area contributed by atoms with Crippen LogP contribution in [0, 0.1) is 5.82 Å². The number of benzene rings is 1. The van der Waals surface area contributed by atoms with Crippen molar-refractivity contribution >= 4 is 25.6 Å². The number of hydrogen-bond acceptors (Lipinski definition) is 3. The topological polar surface area (TPSA) is 54.5 Å². The zero-order valence-corrected chi connectivity index (χ0v) is 12.5. The fraction of sp³-hybridized carbons (Fsp3) is 0.308. The van der Waals surface area contributed by atoms with Gasteiger partial charge in [-0.05, 0) is 24.6 Å². The summed E-state index contributed by atoms with van der Waals surface area (Å²) < 4.78 is 36.2. The molecule has 0 aliphatic carbocycles. The van der Waals surface area contributed by atoms with Crippen molar-refractivity contribution in [1.29, 1.82) is 0 Å². The fourth-order valence-electron chi connectivity index (χ4n) is 1.75. The molecule has 0 saturated carbocycles. The Kier molecular flexibility index (Phi) is 5.71. The Balaban J connectivity index is 3.32. The molecule has 0 unspecified atom stereocenters. The highest BCUT2D eigenvalue weighted by Gasteiger charge is 2.24. The van der Waals surface area contributed by atoms with E-state index in [0.29, 0.717) is 13.0 Å². The molecule has 1 aromatic rings. The molecule has 0 bridgehead atoms. The molecule has 4 nitrogen and oxygen atoms in total. The maximum atomic E-state index is 13.3. The normalized spacial score (nSPS) is 11.2. The Hall–Kier alpha value is -1.40. The Morgan fingerprint density at radius 2 is 2.15 bits per heavy atom. The van der Waals surface area contributed by atoms with Crippen molar-refractivity contribution in [1.82, 2.24) is 4.90 Å². The van der Waals surface area contributed by atoms with E-state index in [9.17, 15) is 17.6 Å². The highest BCUT2D eigenvalue weighted by Crippen LogP contribution is 2.22. The number of halogens is 2. The van der Waals surface area contributed by atoms with Crippen LogP contribution < -0.4 is 0 Å². The lowest BCUT2D eigenvalue weighted by molar-refractivity contribution is 0.0769. The third-order valence-corrected chi connectivity index (χ3v) is 3.94. The molecule has 0 radical (unpaired) electrons. The zero-order chi connectivity index (χ0) is 15.3. The Bertz CT molecular complexity index is 616.